The van der Waals surface area contributed by atoms with Crippen LogP contribution >= 0.6 is 11.6 Å². The van der Waals surface area contributed by atoms with Gasteiger partial charge in [0.2, 0.25) is 0 Å². The summed E-state index contributed by atoms with van der Waals surface area (Å²) in [5.74, 6) is 0. The zero-order chi connectivity index (χ0) is 13.4. The average molecular weight is 272 g/mol. The molecule has 0 radical (unpaired) electrons. The lowest BCUT2D eigenvalue weighted by Gasteiger charge is -2.06. The molecule has 0 aliphatic heterocycles. The van der Waals surface area contributed by atoms with Crippen molar-refractivity contribution >= 4 is 17.3 Å². The third-order valence-corrected chi connectivity index (χ3v) is 3.33. The molecule has 0 aliphatic rings. The van der Waals surface area contributed by atoms with Crippen LogP contribution < -0.4 is 11.3 Å². The lowest BCUT2D eigenvalue weighted by atomic mass is 10.1. The van der Waals surface area contributed by atoms with E-state index in [-0.39, 0.29) is 16.4 Å². The van der Waals surface area contributed by atoms with Crippen LogP contribution in [-0.2, 0) is 6.54 Å². The molecule has 0 aliphatic carbocycles. The lowest BCUT2D eigenvalue weighted by molar-refractivity contribution is 0.540. The molecule has 18 heavy (non-hydrogen) atoms. The van der Waals surface area contributed by atoms with Gasteiger partial charge in [-0.2, -0.15) is 0 Å². The highest BCUT2D eigenvalue weighted by molar-refractivity contribution is 6.31. The molecule has 1 heterocycles. The molecule has 0 saturated heterocycles. The third kappa shape index (κ3) is 4.69. The molecular formula is C13H22ClN3O. The third-order valence-electron chi connectivity index (χ3n) is 3.03. The Morgan fingerprint density at radius 2 is 1.83 bits per heavy atom. The molecule has 1 aromatic rings. The number of halogens is 1. The largest absolute Gasteiger partial charge is 0.392 e. The topological polar surface area (TPSA) is 60.9 Å². The number of aromatic nitrogens is 2. The van der Waals surface area contributed by atoms with Gasteiger partial charge in [0.1, 0.15) is 5.69 Å². The molecule has 0 saturated carbocycles. The van der Waals surface area contributed by atoms with Gasteiger partial charge in [-0.15, -0.1) is 0 Å². The van der Waals surface area contributed by atoms with Crippen LogP contribution in [-0.4, -0.2) is 9.55 Å². The molecule has 0 unspecified atom stereocenters. The Labute approximate surface area is 113 Å². The van der Waals surface area contributed by atoms with Crippen molar-refractivity contribution in [2.45, 2.75) is 58.4 Å². The second-order valence-electron chi connectivity index (χ2n) is 4.57. The Kier molecular flexibility index (Phi) is 6.80. The van der Waals surface area contributed by atoms with Crippen molar-refractivity contribution in [1.29, 1.82) is 0 Å². The van der Waals surface area contributed by atoms with Gasteiger partial charge in [-0.1, -0.05) is 57.0 Å². The van der Waals surface area contributed by atoms with Crippen LogP contribution in [0.2, 0.25) is 5.15 Å². The molecule has 1 rings (SSSR count). The first-order valence-electron chi connectivity index (χ1n) is 6.67. The van der Waals surface area contributed by atoms with Gasteiger partial charge in [-0.25, -0.2) is 4.98 Å². The van der Waals surface area contributed by atoms with E-state index in [9.17, 15) is 4.79 Å². The van der Waals surface area contributed by atoms with Crippen LogP contribution in [0.25, 0.3) is 0 Å². The maximum absolute atomic E-state index is 11.7. The summed E-state index contributed by atoms with van der Waals surface area (Å²) in [7, 11) is 0. The summed E-state index contributed by atoms with van der Waals surface area (Å²) in [5, 5.41) is 0.0933. The number of hydrogen-bond donors (Lipinski definition) is 1. The zero-order valence-electron chi connectivity index (χ0n) is 11.0. The molecule has 0 amide bonds. The van der Waals surface area contributed by atoms with Gasteiger partial charge in [0.15, 0.2) is 5.15 Å². The fourth-order valence-electron chi connectivity index (χ4n) is 1.88. The quantitative estimate of drug-likeness (QED) is 0.583. The van der Waals surface area contributed by atoms with E-state index >= 15 is 0 Å². The zero-order valence-corrected chi connectivity index (χ0v) is 11.7. The van der Waals surface area contributed by atoms with Crippen molar-refractivity contribution in [1.82, 2.24) is 9.55 Å². The highest BCUT2D eigenvalue weighted by Crippen LogP contribution is 2.10. The van der Waals surface area contributed by atoms with Gasteiger partial charge in [0, 0.05) is 6.54 Å². The van der Waals surface area contributed by atoms with Crippen LogP contribution in [0, 0.1) is 0 Å². The monoisotopic (exact) mass is 271 g/mol. The van der Waals surface area contributed by atoms with E-state index in [1.807, 2.05) is 0 Å². The second-order valence-corrected chi connectivity index (χ2v) is 4.93. The molecule has 1 aromatic heterocycles. The minimum atomic E-state index is -0.235. The summed E-state index contributed by atoms with van der Waals surface area (Å²) in [5.41, 5.74) is 5.35. The summed E-state index contributed by atoms with van der Waals surface area (Å²) in [6.07, 6.45) is 9.99. The van der Waals surface area contributed by atoms with Gasteiger partial charge in [0.05, 0.1) is 6.33 Å². The van der Waals surface area contributed by atoms with E-state index in [4.69, 9.17) is 17.3 Å². The minimum Gasteiger partial charge on any atom is -0.392 e. The van der Waals surface area contributed by atoms with Crippen molar-refractivity contribution in [3.8, 4) is 0 Å². The fourth-order valence-corrected chi connectivity index (χ4v) is 2.01. The maximum Gasteiger partial charge on any atom is 0.278 e. The van der Waals surface area contributed by atoms with Gasteiger partial charge < -0.3 is 5.73 Å². The Balaban J connectivity index is 2.28. The molecule has 0 fully saturated rings. The summed E-state index contributed by atoms with van der Waals surface area (Å²) >= 11 is 5.67. The molecular weight excluding hydrogens is 250 g/mol. The number of nitrogens with two attached hydrogens (primary N) is 1. The lowest BCUT2D eigenvalue weighted by Crippen LogP contribution is -2.23. The summed E-state index contributed by atoms with van der Waals surface area (Å²) < 4.78 is 1.53. The molecule has 5 heteroatoms. The first-order valence-corrected chi connectivity index (χ1v) is 7.05. The van der Waals surface area contributed by atoms with E-state index in [1.165, 1.54) is 43.0 Å². The highest BCUT2D eigenvalue weighted by atomic mass is 35.5. The molecule has 102 valence electrons. The van der Waals surface area contributed by atoms with Crippen LogP contribution in [0.5, 0.6) is 0 Å². The standard InChI is InChI=1S/C13H22ClN3O/c1-2-3-4-5-6-7-8-9-17-10-16-12(14)11(15)13(17)18/h10H,2-9,15H2,1H3. The highest BCUT2D eigenvalue weighted by Gasteiger charge is 2.05. The Hall–Kier alpha value is -1.03. The predicted octanol–water partition coefficient (Wildman–Crippen LogP) is 3.23. The SMILES string of the molecule is CCCCCCCCCn1cnc(Cl)c(N)c1=O. The van der Waals surface area contributed by atoms with Gasteiger partial charge >= 0.3 is 0 Å². The summed E-state index contributed by atoms with van der Waals surface area (Å²) in [6.45, 7) is 2.88. The summed E-state index contributed by atoms with van der Waals surface area (Å²) in [6, 6.07) is 0. The van der Waals surface area contributed by atoms with Crippen LogP contribution in [0.1, 0.15) is 51.9 Å². The summed E-state index contributed by atoms with van der Waals surface area (Å²) in [4.78, 5) is 15.6. The van der Waals surface area contributed by atoms with E-state index in [0.717, 1.165) is 12.8 Å². The number of unbranched alkanes of at least 4 members (excludes halogenated alkanes) is 6. The number of rotatable bonds is 8. The number of aryl methyl sites for hydroxylation is 1. The van der Waals surface area contributed by atoms with Crippen LogP contribution in [0.15, 0.2) is 11.1 Å². The molecule has 0 bridgehead atoms. The van der Waals surface area contributed by atoms with Crippen molar-refractivity contribution in [2.24, 2.45) is 0 Å². The molecule has 0 aromatic carbocycles. The van der Waals surface area contributed by atoms with Crippen molar-refractivity contribution in [3.63, 3.8) is 0 Å². The maximum atomic E-state index is 11.7. The number of nitrogens with zero attached hydrogens (tertiary/aromatic N) is 2. The van der Waals surface area contributed by atoms with E-state index < -0.39 is 0 Å². The normalized spacial score (nSPS) is 10.8. The van der Waals surface area contributed by atoms with E-state index in [1.54, 1.807) is 0 Å². The van der Waals surface area contributed by atoms with Gasteiger partial charge in [-0.3, -0.25) is 9.36 Å². The second kappa shape index (κ2) is 8.14. The Morgan fingerprint density at radius 3 is 2.50 bits per heavy atom. The van der Waals surface area contributed by atoms with E-state index in [2.05, 4.69) is 11.9 Å². The molecule has 2 N–H and O–H groups in total. The van der Waals surface area contributed by atoms with E-state index in [0.29, 0.717) is 6.54 Å². The Morgan fingerprint density at radius 1 is 1.22 bits per heavy atom. The van der Waals surface area contributed by atoms with Crippen molar-refractivity contribution in [2.75, 3.05) is 5.73 Å². The molecule has 4 nitrogen and oxygen atoms in total. The van der Waals surface area contributed by atoms with Crippen molar-refractivity contribution in [3.05, 3.63) is 21.8 Å². The first kappa shape index (κ1) is 15.0. The first-order chi connectivity index (χ1) is 8.66. The number of nitrogen functional groups attached to an aromatic ring is 1. The van der Waals surface area contributed by atoms with Crippen LogP contribution in [0.4, 0.5) is 5.69 Å². The minimum absolute atomic E-state index is 0.0436. The molecule has 0 spiro atoms. The van der Waals surface area contributed by atoms with Crippen molar-refractivity contribution < 1.29 is 0 Å². The van der Waals surface area contributed by atoms with Gasteiger partial charge in [0.25, 0.3) is 5.56 Å². The fraction of sp³-hybridized carbons (Fsp3) is 0.692. The van der Waals surface area contributed by atoms with Crippen LogP contribution in [0.3, 0.4) is 0 Å². The Bertz CT molecular complexity index is 417. The van der Waals surface area contributed by atoms with Gasteiger partial charge in [-0.05, 0) is 6.42 Å². The number of anilines is 1. The smallest absolute Gasteiger partial charge is 0.278 e. The molecule has 0 atom stereocenters. The predicted molar refractivity (Wildman–Crippen MR) is 75.9 cm³/mol. The number of hydrogen-bond acceptors (Lipinski definition) is 3. The average Bonchev–Trinajstić information content (AvgIpc) is 2.37.